The summed E-state index contributed by atoms with van der Waals surface area (Å²) >= 11 is 0. The third-order valence-corrected chi connectivity index (χ3v) is 12.4. The summed E-state index contributed by atoms with van der Waals surface area (Å²) < 4.78 is 37.5. The van der Waals surface area contributed by atoms with Gasteiger partial charge in [0.1, 0.15) is 30.0 Å². The predicted molar refractivity (Wildman–Crippen MR) is 199 cm³/mol. The number of aliphatic hydroxyl groups excluding tert-OH is 3. The van der Waals surface area contributed by atoms with E-state index in [0.29, 0.717) is 25.9 Å². The molecule has 3 heterocycles. The average Bonchev–Trinajstić information content (AvgIpc) is 3.11. The first kappa shape index (κ1) is 46.9. The fourth-order valence-electron chi connectivity index (χ4n) is 8.65. The molecule has 0 saturated carbocycles. The number of likely N-dealkylation sites (N-methyl/N-ethyl adjacent to an activating group) is 1. The molecule has 0 aromatic rings. The summed E-state index contributed by atoms with van der Waals surface area (Å²) in [5.41, 5.74) is -4.51. The minimum atomic E-state index is -1.87. The first-order valence-electron chi connectivity index (χ1n) is 19.7. The van der Waals surface area contributed by atoms with E-state index in [4.69, 9.17) is 28.4 Å². The molecule has 3 saturated heterocycles. The van der Waals surface area contributed by atoms with Crippen LogP contribution in [0.25, 0.3) is 0 Å². The summed E-state index contributed by atoms with van der Waals surface area (Å²) in [4.78, 5) is 18.1. The molecule has 314 valence electrons. The van der Waals surface area contributed by atoms with E-state index in [2.05, 4.69) is 6.07 Å². The second-order valence-electron chi connectivity index (χ2n) is 17.0. The molecule has 15 heteroatoms. The second kappa shape index (κ2) is 19.3. The lowest BCUT2D eigenvalue weighted by molar-refractivity contribution is -0.317. The van der Waals surface area contributed by atoms with Gasteiger partial charge in [-0.25, -0.2) is 0 Å². The number of esters is 1. The van der Waals surface area contributed by atoms with E-state index in [9.17, 15) is 35.6 Å². The van der Waals surface area contributed by atoms with Crippen LogP contribution in [0.1, 0.15) is 101 Å². The molecule has 0 spiro atoms. The Morgan fingerprint density at radius 2 is 1.67 bits per heavy atom. The van der Waals surface area contributed by atoms with Crippen LogP contribution >= 0.6 is 0 Å². The van der Waals surface area contributed by atoms with Crippen molar-refractivity contribution in [2.75, 3.05) is 34.3 Å². The summed E-state index contributed by atoms with van der Waals surface area (Å²) in [6.07, 6.45) is -8.10. The molecule has 0 radical (unpaired) electrons. The smallest absolute Gasteiger partial charge is 0.311 e. The van der Waals surface area contributed by atoms with Crippen molar-refractivity contribution >= 4 is 5.97 Å². The molecule has 0 amide bonds. The van der Waals surface area contributed by atoms with E-state index in [1.807, 2.05) is 30.8 Å². The molecule has 1 unspecified atom stereocenters. The summed E-state index contributed by atoms with van der Waals surface area (Å²) in [6.45, 7) is 16.0. The number of ether oxygens (including phenoxy) is 6. The number of cyclic esters (lactones) is 1. The number of nitriles is 1. The minimum Gasteiger partial charge on any atom is -0.459 e. The molecule has 17 atom stereocenters. The first-order valence-corrected chi connectivity index (χ1v) is 19.7. The lowest BCUT2D eigenvalue weighted by atomic mass is 9.79. The van der Waals surface area contributed by atoms with Crippen LogP contribution < -0.4 is 0 Å². The third kappa shape index (κ3) is 10.7. The summed E-state index contributed by atoms with van der Waals surface area (Å²) in [5, 5.41) is 67.8. The van der Waals surface area contributed by atoms with Crippen LogP contribution in [0.15, 0.2) is 0 Å². The Kier molecular flexibility index (Phi) is 16.7. The number of rotatable bonds is 9. The minimum absolute atomic E-state index is 0.114. The lowest BCUT2D eigenvalue weighted by Gasteiger charge is -2.48. The summed E-state index contributed by atoms with van der Waals surface area (Å²) in [5.74, 6) is -2.54. The molecule has 3 aliphatic heterocycles. The Morgan fingerprint density at radius 1 is 1.02 bits per heavy atom. The van der Waals surface area contributed by atoms with E-state index in [0.717, 1.165) is 0 Å². The Bertz CT molecular complexity index is 1230. The molecule has 0 aromatic heterocycles. The Balaban J connectivity index is 2.17. The van der Waals surface area contributed by atoms with E-state index in [1.54, 1.807) is 48.5 Å². The van der Waals surface area contributed by atoms with Gasteiger partial charge in [-0.1, -0.05) is 13.8 Å². The number of hydrogen-bond donors (Lipinski definition) is 5. The van der Waals surface area contributed by atoms with E-state index in [-0.39, 0.29) is 37.8 Å². The van der Waals surface area contributed by atoms with Crippen LogP contribution in [-0.2, 0) is 33.2 Å². The molecule has 54 heavy (non-hydrogen) atoms. The maximum absolute atomic E-state index is 14.3. The first-order chi connectivity index (χ1) is 25.1. The number of nitrogens with zero attached hydrogens (tertiary/aromatic N) is 3. The van der Waals surface area contributed by atoms with Crippen molar-refractivity contribution in [1.29, 1.82) is 5.26 Å². The number of carbonyl (C=O) groups excluding carboxylic acids is 1. The van der Waals surface area contributed by atoms with Crippen LogP contribution in [0, 0.1) is 23.2 Å². The van der Waals surface area contributed by atoms with Gasteiger partial charge in [0.25, 0.3) is 0 Å². The fraction of sp³-hybridized carbons (Fsp3) is 0.949. The third-order valence-electron chi connectivity index (χ3n) is 12.4. The topological polar surface area (TPSA) is 204 Å². The van der Waals surface area contributed by atoms with Crippen LogP contribution in [-0.4, -0.2) is 166 Å². The predicted octanol–water partition coefficient (Wildman–Crippen LogP) is 1.94. The SMILES string of the molecule is CC[C@H]1OC(=O)[C@H](C)[C@@H](O[C@H]2C[C@@](C)(OC)[C@@H](O)[C@H](C)O2)[C@H](C)[C@@H](O[C@@H]2O[C@H](C)C[C@H](N(C)C)[C@H]2O)C(C)(O)CCCN(CCC#N)[C@H](C)[C@@H](O)[C@]1(C)O. The maximum atomic E-state index is 14.3. The quantitative estimate of drug-likeness (QED) is 0.213. The Hall–Kier alpha value is -1.52. The van der Waals surface area contributed by atoms with Crippen molar-refractivity contribution in [3.63, 3.8) is 0 Å². The van der Waals surface area contributed by atoms with Crippen molar-refractivity contribution < 1.29 is 58.7 Å². The number of carbonyl (C=O) groups is 1. The fourth-order valence-corrected chi connectivity index (χ4v) is 8.65. The Labute approximate surface area is 322 Å². The molecule has 0 aromatic carbocycles. The standard InChI is InChI=1S/C39H71N3O12/c1-13-28-39(9,48)32(44)25(5)42(19-15-17-40)18-14-16-37(7,47)34(54-36-30(43)27(41(10)11)20-22(2)50-36)23(3)31(24(4)35(46)52-28)53-29-21-38(8,49-12)33(45)26(6)51-29/h22-34,36,43-45,47-48H,13-16,18-21H2,1-12H3/t22-,23+,24-,25-,26+,27+,28-,29+,30-,31+,32-,33+,34-,36+,37?,38-,39-/m1/s1. The van der Waals surface area contributed by atoms with Crippen molar-refractivity contribution in [1.82, 2.24) is 9.80 Å². The van der Waals surface area contributed by atoms with Gasteiger partial charge in [0.2, 0.25) is 0 Å². The van der Waals surface area contributed by atoms with Gasteiger partial charge in [0.05, 0.1) is 47.6 Å². The number of methoxy groups -OCH3 is 1. The van der Waals surface area contributed by atoms with Gasteiger partial charge in [-0.15, -0.1) is 0 Å². The molecule has 15 nitrogen and oxygen atoms in total. The van der Waals surface area contributed by atoms with Crippen molar-refractivity contribution in [3.8, 4) is 6.07 Å². The highest BCUT2D eigenvalue weighted by Crippen LogP contribution is 2.39. The van der Waals surface area contributed by atoms with Crippen molar-refractivity contribution in [3.05, 3.63) is 0 Å². The zero-order valence-electron chi connectivity index (χ0n) is 34.7. The Morgan fingerprint density at radius 3 is 2.24 bits per heavy atom. The van der Waals surface area contributed by atoms with Gasteiger partial charge >= 0.3 is 5.97 Å². The molecular weight excluding hydrogens is 702 g/mol. The van der Waals surface area contributed by atoms with Gasteiger partial charge in [0, 0.05) is 44.5 Å². The van der Waals surface area contributed by atoms with E-state index >= 15 is 0 Å². The van der Waals surface area contributed by atoms with Crippen LogP contribution in [0.2, 0.25) is 0 Å². The summed E-state index contributed by atoms with van der Waals surface area (Å²) in [7, 11) is 5.24. The van der Waals surface area contributed by atoms with Crippen LogP contribution in [0.5, 0.6) is 0 Å². The zero-order valence-corrected chi connectivity index (χ0v) is 34.7. The molecule has 3 aliphatic rings. The molecule has 3 rings (SSSR count). The number of aliphatic hydroxyl groups is 5. The van der Waals surface area contributed by atoms with Gasteiger partial charge < -0.3 is 58.9 Å². The van der Waals surface area contributed by atoms with E-state index in [1.165, 1.54) is 14.0 Å². The summed E-state index contributed by atoms with van der Waals surface area (Å²) in [6, 6.07) is 1.20. The van der Waals surface area contributed by atoms with Crippen molar-refractivity contribution in [2.24, 2.45) is 11.8 Å². The van der Waals surface area contributed by atoms with Gasteiger partial charge in [-0.3, -0.25) is 9.69 Å². The molecule has 5 N–H and O–H groups in total. The maximum Gasteiger partial charge on any atom is 0.311 e. The molecular formula is C39H71N3O12. The second-order valence-corrected chi connectivity index (χ2v) is 17.0. The van der Waals surface area contributed by atoms with E-state index < -0.39 is 96.0 Å². The zero-order chi connectivity index (χ0) is 40.9. The van der Waals surface area contributed by atoms with Gasteiger partial charge in [-0.2, -0.15) is 5.26 Å². The largest absolute Gasteiger partial charge is 0.459 e. The molecule has 0 bridgehead atoms. The molecule has 3 fully saturated rings. The van der Waals surface area contributed by atoms with Crippen LogP contribution in [0.3, 0.4) is 0 Å². The van der Waals surface area contributed by atoms with Gasteiger partial charge in [-0.05, 0) is 94.8 Å². The van der Waals surface area contributed by atoms with Crippen LogP contribution in [0.4, 0.5) is 0 Å². The van der Waals surface area contributed by atoms with Gasteiger partial charge in [0.15, 0.2) is 12.6 Å². The highest BCUT2D eigenvalue weighted by atomic mass is 16.7. The monoisotopic (exact) mass is 774 g/mol. The lowest BCUT2D eigenvalue weighted by Crippen LogP contribution is -2.60. The average molecular weight is 774 g/mol. The molecule has 0 aliphatic carbocycles. The highest BCUT2D eigenvalue weighted by Gasteiger charge is 2.52. The normalized spacial score (nSPS) is 46.6. The highest BCUT2D eigenvalue weighted by molar-refractivity contribution is 5.73. The number of hydrogen-bond acceptors (Lipinski definition) is 15. The van der Waals surface area contributed by atoms with Crippen molar-refractivity contribution in [2.45, 2.75) is 191 Å².